The molecule has 0 atom stereocenters. The quantitative estimate of drug-likeness (QED) is 0.903. The predicted molar refractivity (Wildman–Crippen MR) is 69.9 cm³/mol. The summed E-state index contributed by atoms with van der Waals surface area (Å²) in [6.07, 6.45) is 0. The second-order valence-electron chi connectivity index (χ2n) is 3.46. The second kappa shape index (κ2) is 5.29. The van der Waals surface area contributed by atoms with Crippen LogP contribution < -0.4 is 4.74 Å². The number of para-hydroxylation sites is 1. The SMILES string of the molecule is O=C(O)c1ccccc1Oc1cccc(Cl)c1Cl. The maximum atomic E-state index is 11.0. The zero-order chi connectivity index (χ0) is 13.1. The Hall–Kier alpha value is -1.71. The molecule has 0 spiro atoms. The van der Waals surface area contributed by atoms with Crippen LogP contribution in [0.1, 0.15) is 10.4 Å². The van der Waals surface area contributed by atoms with Gasteiger partial charge in [-0.25, -0.2) is 4.79 Å². The van der Waals surface area contributed by atoms with Gasteiger partial charge in [0.1, 0.15) is 22.1 Å². The Morgan fingerprint density at radius 3 is 2.39 bits per heavy atom. The summed E-state index contributed by atoms with van der Waals surface area (Å²) in [6.45, 7) is 0. The van der Waals surface area contributed by atoms with Gasteiger partial charge in [0.05, 0.1) is 5.02 Å². The van der Waals surface area contributed by atoms with Crippen LogP contribution >= 0.6 is 23.2 Å². The van der Waals surface area contributed by atoms with Crippen LogP contribution in [0.4, 0.5) is 0 Å². The Labute approximate surface area is 114 Å². The Morgan fingerprint density at radius 2 is 1.67 bits per heavy atom. The zero-order valence-corrected chi connectivity index (χ0v) is 10.6. The van der Waals surface area contributed by atoms with Gasteiger partial charge >= 0.3 is 5.97 Å². The molecule has 0 aromatic heterocycles. The van der Waals surface area contributed by atoms with Gasteiger partial charge in [0.25, 0.3) is 0 Å². The largest absolute Gasteiger partial charge is 0.478 e. The molecule has 0 amide bonds. The maximum absolute atomic E-state index is 11.0. The first kappa shape index (κ1) is 12.7. The third-order valence-corrected chi connectivity index (χ3v) is 3.06. The van der Waals surface area contributed by atoms with E-state index in [4.69, 9.17) is 33.0 Å². The number of carbonyl (C=O) groups is 1. The topological polar surface area (TPSA) is 46.5 Å². The van der Waals surface area contributed by atoms with Gasteiger partial charge in [-0.05, 0) is 24.3 Å². The summed E-state index contributed by atoms with van der Waals surface area (Å²) in [5, 5.41) is 9.63. The van der Waals surface area contributed by atoms with E-state index >= 15 is 0 Å². The van der Waals surface area contributed by atoms with Gasteiger partial charge < -0.3 is 9.84 Å². The number of aromatic carboxylic acids is 1. The number of benzene rings is 2. The molecule has 0 saturated heterocycles. The molecule has 18 heavy (non-hydrogen) atoms. The highest BCUT2D eigenvalue weighted by atomic mass is 35.5. The van der Waals surface area contributed by atoms with Crippen LogP contribution in [0.2, 0.25) is 10.0 Å². The van der Waals surface area contributed by atoms with Crippen LogP contribution in [-0.2, 0) is 0 Å². The molecule has 3 nitrogen and oxygen atoms in total. The van der Waals surface area contributed by atoms with Crippen molar-refractivity contribution in [3.63, 3.8) is 0 Å². The molecule has 0 heterocycles. The van der Waals surface area contributed by atoms with Crippen molar-refractivity contribution in [3.8, 4) is 11.5 Å². The Bertz CT molecular complexity index is 597. The summed E-state index contributed by atoms with van der Waals surface area (Å²) in [6, 6.07) is 11.2. The van der Waals surface area contributed by atoms with Crippen LogP contribution in [0.3, 0.4) is 0 Å². The maximum Gasteiger partial charge on any atom is 0.339 e. The molecule has 2 aromatic rings. The molecule has 0 aliphatic rings. The van der Waals surface area contributed by atoms with Crippen molar-refractivity contribution in [2.75, 3.05) is 0 Å². The highest BCUT2D eigenvalue weighted by molar-refractivity contribution is 6.42. The van der Waals surface area contributed by atoms with Crippen molar-refractivity contribution in [1.82, 2.24) is 0 Å². The summed E-state index contributed by atoms with van der Waals surface area (Å²) < 4.78 is 5.49. The van der Waals surface area contributed by atoms with Crippen LogP contribution in [0.25, 0.3) is 0 Å². The minimum absolute atomic E-state index is 0.0635. The summed E-state index contributed by atoms with van der Waals surface area (Å²) in [4.78, 5) is 11.0. The number of ether oxygens (including phenoxy) is 1. The molecule has 2 rings (SSSR count). The van der Waals surface area contributed by atoms with Crippen LogP contribution in [0, 0.1) is 0 Å². The molecule has 0 aliphatic carbocycles. The van der Waals surface area contributed by atoms with Crippen molar-refractivity contribution in [3.05, 3.63) is 58.1 Å². The lowest BCUT2D eigenvalue weighted by Gasteiger charge is -2.10. The normalized spacial score (nSPS) is 10.1. The smallest absolute Gasteiger partial charge is 0.339 e. The van der Waals surface area contributed by atoms with E-state index in [2.05, 4.69) is 0 Å². The van der Waals surface area contributed by atoms with E-state index in [-0.39, 0.29) is 16.3 Å². The Kier molecular flexibility index (Phi) is 3.75. The minimum Gasteiger partial charge on any atom is -0.478 e. The lowest BCUT2D eigenvalue weighted by Crippen LogP contribution is -1.99. The number of hydrogen-bond donors (Lipinski definition) is 1. The number of carboxylic acid groups (broad SMARTS) is 1. The molecular weight excluding hydrogens is 275 g/mol. The Balaban J connectivity index is 2.40. The number of rotatable bonds is 3. The first-order valence-electron chi connectivity index (χ1n) is 5.04. The summed E-state index contributed by atoms with van der Waals surface area (Å²) in [5.74, 6) is -0.532. The molecule has 0 saturated carbocycles. The highest BCUT2D eigenvalue weighted by Gasteiger charge is 2.13. The van der Waals surface area contributed by atoms with Crippen molar-refractivity contribution in [1.29, 1.82) is 0 Å². The predicted octanol–water partition coefficient (Wildman–Crippen LogP) is 4.48. The summed E-state index contributed by atoms with van der Waals surface area (Å²) in [5.41, 5.74) is 0.0635. The van der Waals surface area contributed by atoms with E-state index in [0.717, 1.165) is 0 Å². The third kappa shape index (κ3) is 2.58. The molecule has 5 heteroatoms. The van der Waals surface area contributed by atoms with E-state index in [1.54, 1.807) is 36.4 Å². The molecule has 0 radical (unpaired) electrons. The van der Waals surface area contributed by atoms with Gasteiger partial charge in [-0.3, -0.25) is 0 Å². The van der Waals surface area contributed by atoms with E-state index in [1.807, 2.05) is 0 Å². The fraction of sp³-hybridized carbons (Fsp3) is 0. The molecule has 0 aliphatic heterocycles. The molecule has 0 bridgehead atoms. The number of carboxylic acids is 1. The zero-order valence-electron chi connectivity index (χ0n) is 9.06. The molecule has 92 valence electrons. The van der Waals surface area contributed by atoms with E-state index < -0.39 is 5.97 Å². The second-order valence-corrected chi connectivity index (χ2v) is 4.24. The van der Waals surface area contributed by atoms with Crippen LogP contribution in [0.5, 0.6) is 11.5 Å². The summed E-state index contributed by atoms with van der Waals surface area (Å²) >= 11 is 11.8. The summed E-state index contributed by atoms with van der Waals surface area (Å²) in [7, 11) is 0. The van der Waals surface area contributed by atoms with Gasteiger partial charge in [-0.1, -0.05) is 41.4 Å². The van der Waals surface area contributed by atoms with E-state index in [9.17, 15) is 4.79 Å². The average Bonchev–Trinajstić information content (AvgIpc) is 2.35. The molecule has 0 unspecified atom stereocenters. The van der Waals surface area contributed by atoms with Gasteiger partial charge in [-0.2, -0.15) is 0 Å². The molecule has 2 aromatic carbocycles. The van der Waals surface area contributed by atoms with Gasteiger partial charge in [0, 0.05) is 0 Å². The highest BCUT2D eigenvalue weighted by Crippen LogP contribution is 2.35. The van der Waals surface area contributed by atoms with E-state index in [0.29, 0.717) is 10.8 Å². The lowest BCUT2D eigenvalue weighted by molar-refractivity contribution is 0.0694. The third-order valence-electron chi connectivity index (χ3n) is 2.25. The van der Waals surface area contributed by atoms with Crippen molar-refractivity contribution < 1.29 is 14.6 Å². The Morgan fingerprint density at radius 1 is 1.00 bits per heavy atom. The standard InChI is InChI=1S/C13H8Cl2O3/c14-9-5-3-7-11(12(9)15)18-10-6-2-1-4-8(10)13(16)17/h1-7H,(H,16,17). The van der Waals surface area contributed by atoms with Crippen molar-refractivity contribution >= 4 is 29.2 Å². The molecule has 1 N–H and O–H groups in total. The monoisotopic (exact) mass is 282 g/mol. The van der Waals surface area contributed by atoms with Crippen LogP contribution in [-0.4, -0.2) is 11.1 Å². The first-order chi connectivity index (χ1) is 8.59. The lowest BCUT2D eigenvalue weighted by atomic mass is 10.2. The van der Waals surface area contributed by atoms with Crippen molar-refractivity contribution in [2.45, 2.75) is 0 Å². The fourth-order valence-electron chi connectivity index (χ4n) is 1.41. The van der Waals surface area contributed by atoms with Gasteiger partial charge in [0.15, 0.2) is 0 Å². The molecule has 0 fully saturated rings. The van der Waals surface area contributed by atoms with Gasteiger partial charge in [0.2, 0.25) is 0 Å². The molecular formula is C13H8Cl2O3. The first-order valence-corrected chi connectivity index (χ1v) is 5.79. The minimum atomic E-state index is -1.07. The van der Waals surface area contributed by atoms with Gasteiger partial charge in [-0.15, -0.1) is 0 Å². The van der Waals surface area contributed by atoms with E-state index in [1.165, 1.54) is 6.07 Å². The number of halogens is 2. The average molecular weight is 283 g/mol. The fourth-order valence-corrected chi connectivity index (χ4v) is 1.74. The van der Waals surface area contributed by atoms with Crippen LogP contribution in [0.15, 0.2) is 42.5 Å². The number of hydrogen-bond acceptors (Lipinski definition) is 2. The van der Waals surface area contributed by atoms with Crippen molar-refractivity contribution in [2.24, 2.45) is 0 Å².